The maximum absolute atomic E-state index is 5.77. The fraction of sp³-hybridized carbons (Fsp3) is 0.818. The predicted molar refractivity (Wildman–Crippen MR) is 63.1 cm³/mol. The molecule has 0 aromatic carbocycles. The van der Waals surface area contributed by atoms with Crippen LogP contribution in [0.4, 0.5) is 0 Å². The Morgan fingerprint density at radius 2 is 1.69 bits per heavy atom. The van der Waals surface area contributed by atoms with E-state index in [0.29, 0.717) is 13.4 Å². The second kappa shape index (κ2) is 5.32. The molecule has 0 unspecified atom stereocenters. The van der Waals surface area contributed by atoms with Crippen LogP contribution in [0.3, 0.4) is 0 Å². The van der Waals surface area contributed by atoms with E-state index < -0.39 is 0 Å². The molecule has 0 aliphatic carbocycles. The van der Waals surface area contributed by atoms with Gasteiger partial charge in [-0.2, -0.15) is 0 Å². The summed E-state index contributed by atoms with van der Waals surface area (Å²) in [5, 5.41) is 0. The van der Waals surface area contributed by atoms with Crippen molar-refractivity contribution in [1.82, 2.24) is 0 Å². The minimum Gasteiger partial charge on any atom is -0.400 e. The molecule has 0 N–H and O–H groups in total. The molecule has 0 atom stereocenters. The van der Waals surface area contributed by atoms with E-state index in [1.54, 1.807) is 7.11 Å². The Balaban J connectivity index is 2.36. The lowest BCUT2D eigenvalue weighted by atomic mass is 9.90. The lowest BCUT2D eigenvalue weighted by Crippen LogP contribution is -2.41. The molecule has 0 spiro atoms. The summed E-state index contributed by atoms with van der Waals surface area (Å²) in [5.74, 6) is 1.87. The van der Waals surface area contributed by atoms with Gasteiger partial charge in [-0.05, 0) is 27.7 Å². The lowest BCUT2D eigenvalue weighted by Gasteiger charge is -2.32. The Kier molecular flexibility index (Phi) is 4.56. The topological polar surface area (TPSA) is 36.9 Å². The van der Waals surface area contributed by atoms with Crippen LogP contribution in [-0.2, 0) is 18.8 Å². The molecule has 1 aliphatic rings. The largest absolute Gasteiger partial charge is 0.486 e. The molecule has 1 heterocycles. The molecule has 1 saturated heterocycles. The summed E-state index contributed by atoms with van der Waals surface area (Å²) >= 11 is 0. The van der Waals surface area contributed by atoms with Crippen LogP contribution in [0.2, 0.25) is 0 Å². The van der Waals surface area contributed by atoms with Crippen LogP contribution in [-0.4, -0.2) is 38.8 Å². The highest BCUT2D eigenvalue weighted by Gasteiger charge is 2.49. The van der Waals surface area contributed by atoms with Gasteiger partial charge in [-0.25, -0.2) is 0 Å². The maximum atomic E-state index is 5.77. The van der Waals surface area contributed by atoms with Crippen LogP contribution >= 0.6 is 0 Å². The van der Waals surface area contributed by atoms with Crippen molar-refractivity contribution in [3.8, 4) is 0 Å². The van der Waals surface area contributed by atoms with Crippen molar-refractivity contribution in [3.05, 3.63) is 12.1 Å². The summed E-state index contributed by atoms with van der Waals surface area (Å²) in [6, 6.07) is 0. The smallest absolute Gasteiger partial charge is 0.400 e. The first-order chi connectivity index (χ1) is 7.39. The summed E-state index contributed by atoms with van der Waals surface area (Å²) in [6.07, 6.45) is 1.88. The third-order valence-electron chi connectivity index (χ3n) is 2.98. The third kappa shape index (κ3) is 3.32. The molecule has 16 heavy (non-hydrogen) atoms. The number of methoxy groups -OCH3 is 1. The molecule has 92 valence electrons. The molecule has 1 aliphatic heterocycles. The zero-order chi connectivity index (χ0) is 12.2. The first kappa shape index (κ1) is 13.7. The van der Waals surface area contributed by atoms with Gasteiger partial charge in [0.05, 0.1) is 17.8 Å². The molecule has 0 aromatic rings. The normalized spacial score (nSPS) is 23.2. The molecular weight excluding hydrogens is 207 g/mol. The standard InChI is InChI=1S/C11H21BO4/c1-10(2)11(3,4)16-12(15-10)7-6-8-14-9-13-5/h6-7H,8-9H2,1-5H3. The zero-order valence-corrected chi connectivity index (χ0v) is 10.8. The molecule has 0 saturated carbocycles. The average molecular weight is 228 g/mol. The Hall–Kier alpha value is -0.355. The van der Waals surface area contributed by atoms with Crippen molar-refractivity contribution < 1.29 is 18.8 Å². The Morgan fingerprint density at radius 1 is 1.12 bits per heavy atom. The van der Waals surface area contributed by atoms with Gasteiger partial charge in [0.25, 0.3) is 0 Å². The van der Waals surface area contributed by atoms with Gasteiger partial charge in [0, 0.05) is 7.11 Å². The number of ether oxygens (including phenoxy) is 2. The number of hydrogen-bond donors (Lipinski definition) is 0. The minimum atomic E-state index is -0.295. The van der Waals surface area contributed by atoms with Gasteiger partial charge >= 0.3 is 7.12 Å². The second-order valence-electron chi connectivity index (χ2n) is 4.83. The van der Waals surface area contributed by atoms with Crippen LogP contribution in [0.15, 0.2) is 12.1 Å². The molecule has 0 amide bonds. The maximum Gasteiger partial charge on any atom is 0.486 e. The summed E-state index contributed by atoms with van der Waals surface area (Å²) in [7, 11) is 1.30. The minimum absolute atomic E-state index is 0.282. The summed E-state index contributed by atoms with van der Waals surface area (Å²) in [4.78, 5) is 0. The fourth-order valence-corrected chi connectivity index (χ4v) is 1.33. The van der Waals surface area contributed by atoms with Crippen molar-refractivity contribution in [2.45, 2.75) is 38.9 Å². The average Bonchev–Trinajstić information content (AvgIpc) is 2.35. The summed E-state index contributed by atoms with van der Waals surface area (Å²) in [6.45, 7) is 8.92. The molecule has 0 bridgehead atoms. The summed E-state index contributed by atoms with van der Waals surface area (Å²) in [5.41, 5.74) is -0.565. The lowest BCUT2D eigenvalue weighted by molar-refractivity contribution is -0.0186. The fourth-order valence-electron chi connectivity index (χ4n) is 1.33. The first-order valence-electron chi connectivity index (χ1n) is 5.48. The quantitative estimate of drug-likeness (QED) is 0.408. The Labute approximate surface area is 98.0 Å². The van der Waals surface area contributed by atoms with Crippen LogP contribution < -0.4 is 0 Å². The Bertz CT molecular complexity index is 234. The summed E-state index contributed by atoms with van der Waals surface area (Å²) < 4.78 is 21.4. The van der Waals surface area contributed by atoms with E-state index in [-0.39, 0.29) is 18.3 Å². The van der Waals surface area contributed by atoms with E-state index in [2.05, 4.69) is 0 Å². The highest BCUT2D eigenvalue weighted by molar-refractivity contribution is 6.51. The van der Waals surface area contributed by atoms with Crippen molar-refractivity contribution in [2.24, 2.45) is 0 Å². The molecule has 0 radical (unpaired) electrons. The van der Waals surface area contributed by atoms with Crippen LogP contribution in [0.1, 0.15) is 27.7 Å². The van der Waals surface area contributed by atoms with E-state index in [0.717, 1.165) is 0 Å². The van der Waals surface area contributed by atoms with Crippen LogP contribution in [0, 0.1) is 0 Å². The third-order valence-corrected chi connectivity index (χ3v) is 2.98. The van der Waals surface area contributed by atoms with Gasteiger partial charge in [0.1, 0.15) is 6.79 Å². The molecular formula is C11H21BO4. The van der Waals surface area contributed by atoms with Gasteiger partial charge in [-0.15, -0.1) is 0 Å². The highest BCUT2D eigenvalue weighted by Crippen LogP contribution is 2.36. The van der Waals surface area contributed by atoms with E-state index in [1.807, 2.05) is 39.7 Å². The van der Waals surface area contributed by atoms with Crippen molar-refractivity contribution >= 4 is 7.12 Å². The highest BCUT2D eigenvalue weighted by atomic mass is 16.7. The van der Waals surface area contributed by atoms with Gasteiger partial charge in [-0.3, -0.25) is 0 Å². The molecule has 0 aromatic heterocycles. The van der Waals surface area contributed by atoms with E-state index >= 15 is 0 Å². The van der Waals surface area contributed by atoms with Crippen LogP contribution in [0.5, 0.6) is 0 Å². The molecule has 4 nitrogen and oxygen atoms in total. The molecule has 5 heteroatoms. The van der Waals surface area contributed by atoms with Crippen LogP contribution in [0.25, 0.3) is 0 Å². The molecule has 1 rings (SSSR count). The second-order valence-corrected chi connectivity index (χ2v) is 4.83. The van der Waals surface area contributed by atoms with E-state index in [1.165, 1.54) is 0 Å². The molecule has 1 fully saturated rings. The zero-order valence-electron chi connectivity index (χ0n) is 10.8. The number of hydrogen-bond acceptors (Lipinski definition) is 4. The Morgan fingerprint density at radius 3 is 2.19 bits per heavy atom. The van der Waals surface area contributed by atoms with Gasteiger partial charge in [0.2, 0.25) is 0 Å². The SMILES string of the molecule is COCOCC=CB1OC(C)(C)C(C)(C)O1. The van der Waals surface area contributed by atoms with Crippen molar-refractivity contribution in [3.63, 3.8) is 0 Å². The van der Waals surface area contributed by atoms with Gasteiger partial charge < -0.3 is 18.8 Å². The monoisotopic (exact) mass is 228 g/mol. The predicted octanol–water partition coefficient (Wildman–Crippen LogP) is 1.79. The van der Waals surface area contributed by atoms with Gasteiger partial charge in [-0.1, -0.05) is 12.1 Å². The van der Waals surface area contributed by atoms with Gasteiger partial charge in [0.15, 0.2) is 0 Å². The van der Waals surface area contributed by atoms with Crippen molar-refractivity contribution in [2.75, 3.05) is 20.5 Å². The van der Waals surface area contributed by atoms with Crippen molar-refractivity contribution in [1.29, 1.82) is 0 Å². The van der Waals surface area contributed by atoms with E-state index in [9.17, 15) is 0 Å². The number of rotatable bonds is 5. The van der Waals surface area contributed by atoms with E-state index in [4.69, 9.17) is 18.8 Å². The first-order valence-corrected chi connectivity index (χ1v) is 5.48.